The highest BCUT2D eigenvalue weighted by molar-refractivity contribution is 5.92. The van der Waals surface area contributed by atoms with Gasteiger partial charge >= 0.3 is 0 Å². The normalized spacial score (nSPS) is 16.0. The number of aromatic nitrogens is 2. The van der Waals surface area contributed by atoms with Crippen molar-refractivity contribution in [3.63, 3.8) is 0 Å². The third-order valence-corrected chi connectivity index (χ3v) is 3.95. The Hall–Kier alpha value is -2.83. The molecular weight excluding hydrogens is 308 g/mol. The number of fused-ring (bicyclic) bond motifs is 1. The summed E-state index contributed by atoms with van der Waals surface area (Å²) in [6.45, 7) is 0.499. The van der Waals surface area contributed by atoms with Crippen LogP contribution >= 0.6 is 0 Å². The van der Waals surface area contributed by atoms with E-state index in [0.717, 1.165) is 11.3 Å². The molecule has 1 aromatic carbocycles. The summed E-state index contributed by atoms with van der Waals surface area (Å²) in [6.07, 6.45) is 3.84. The van der Waals surface area contributed by atoms with Gasteiger partial charge in [-0.25, -0.2) is 0 Å². The number of likely N-dealkylation sites (N-methyl/N-ethyl adjacent to an activating group) is 1. The highest BCUT2D eigenvalue weighted by Gasteiger charge is 2.26. The summed E-state index contributed by atoms with van der Waals surface area (Å²) in [5.74, 6) is 0.430. The lowest BCUT2D eigenvalue weighted by atomic mass is 9.96. The molecule has 1 aliphatic rings. The molecule has 0 spiro atoms. The topological polar surface area (TPSA) is 76.5 Å². The third kappa shape index (κ3) is 3.56. The minimum Gasteiger partial charge on any atom is -0.492 e. The van der Waals surface area contributed by atoms with Crippen LogP contribution in [0.3, 0.4) is 0 Å². The van der Waals surface area contributed by atoms with Crippen LogP contribution in [-0.4, -0.2) is 47.2 Å². The lowest BCUT2D eigenvalue weighted by molar-refractivity contribution is -0.129. The molecule has 1 atom stereocenters. The lowest BCUT2D eigenvalue weighted by Gasteiger charge is -2.24. The Morgan fingerprint density at radius 3 is 2.96 bits per heavy atom. The van der Waals surface area contributed by atoms with Crippen LogP contribution in [0.1, 0.15) is 5.56 Å². The second-order valence-corrected chi connectivity index (χ2v) is 6.02. The molecule has 2 heterocycles. The molecule has 24 heavy (non-hydrogen) atoms. The molecule has 7 heteroatoms. The molecule has 0 saturated carbocycles. The maximum Gasteiger partial charge on any atom is 0.243 e. The van der Waals surface area contributed by atoms with Gasteiger partial charge < -0.3 is 15.0 Å². The van der Waals surface area contributed by atoms with E-state index in [1.54, 1.807) is 26.5 Å². The van der Waals surface area contributed by atoms with Gasteiger partial charge in [0, 0.05) is 20.3 Å². The van der Waals surface area contributed by atoms with Crippen LogP contribution in [0.5, 0.6) is 5.75 Å². The first kappa shape index (κ1) is 16.0. The van der Waals surface area contributed by atoms with Gasteiger partial charge in [0.2, 0.25) is 11.8 Å². The van der Waals surface area contributed by atoms with E-state index in [9.17, 15) is 9.59 Å². The number of anilines is 1. The molecule has 3 rings (SSSR count). The third-order valence-electron chi connectivity index (χ3n) is 3.95. The number of hydrogen-bond donors (Lipinski definition) is 1. The molecule has 1 N–H and O–H groups in total. The molecule has 2 amide bonds. The average molecular weight is 328 g/mol. The Morgan fingerprint density at radius 1 is 1.38 bits per heavy atom. The molecule has 1 aliphatic heterocycles. The summed E-state index contributed by atoms with van der Waals surface area (Å²) < 4.78 is 7.15. The van der Waals surface area contributed by atoms with Gasteiger partial charge in [-0.1, -0.05) is 18.2 Å². The van der Waals surface area contributed by atoms with E-state index in [1.165, 1.54) is 9.58 Å². The number of para-hydroxylation sites is 1. The van der Waals surface area contributed by atoms with E-state index in [0.29, 0.717) is 18.7 Å². The van der Waals surface area contributed by atoms with Crippen molar-refractivity contribution in [1.82, 2.24) is 14.7 Å². The Balaban J connectivity index is 1.60. The number of rotatable bonds is 4. The number of benzene rings is 1. The van der Waals surface area contributed by atoms with Crippen LogP contribution < -0.4 is 10.1 Å². The van der Waals surface area contributed by atoms with Crippen LogP contribution in [0.4, 0.5) is 5.69 Å². The summed E-state index contributed by atoms with van der Waals surface area (Å²) >= 11 is 0. The van der Waals surface area contributed by atoms with Crippen LogP contribution in [0.15, 0.2) is 36.7 Å². The second kappa shape index (κ2) is 6.74. The monoisotopic (exact) mass is 328 g/mol. The number of hydrogen-bond acceptors (Lipinski definition) is 4. The number of carbonyl (C=O) groups excluding carboxylic acids is 2. The SMILES string of the molecule is CN(C)C(=O)Cn1cc(NC(=O)[C@H]2COc3ccccc3C2)cn1. The zero-order valence-electron chi connectivity index (χ0n) is 13.7. The van der Waals surface area contributed by atoms with E-state index in [-0.39, 0.29) is 24.3 Å². The fourth-order valence-electron chi connectivity index (χ4n) is 2.54. The van der Waals surface area contributed by atoms with Gasteiger partial charge in [0.15, 0.2) is 0 Å². The van der Waals surface area contributed by atoms with Crippen molar-refractivity contribution in [2.24, 2.45) is 5.92 Å². The zero-order chi connectivity index (χ0) is 17.1. The molecule has 7 nitrogen and oxygen atoms in total. The van der Waals surface area contributed by atoms with E-state index in [1.807, 2.05) is 24.3 Å². The maximum atomic E-state index is 12.4. The van der Waals surface area contributed by atoms with Crippen LogP contribution in [0.25, 0.3) is 0 Å². The van der Waals surface area contributed by atoms with Crippen molar-refractivity contribution in [3.8, 4) is 5.75 Å². The Bertz CT molecular complexity index is 754. The molecular formula is C17H20N4O3. The fourth-order valence-corrected chi connectivity index (χ4v) is 2.54. The molecule has 0 unspecified atom stereocenters. The van der Waals surface area contributed by atoms with Gasteiger partial charge in [-0.15, -0.1) is 0 Å². The minimum absolute atomic E-state index is 0.0618. The molecule has 1 aromatic heterocycles. The number of amides is 2. The van der Waals surface area contributed by atoms with Gasteiger partial charge in [0.25, 0.3) is 0 Å². The van der Waals surface area contributed by atoms with Gasteiger partial charge in [-0.3, -0.25) is 14.3 Å². The minimum atomic E-state index is -0.244. The highest BCUT2D eigenvalue weighted by Crippen LogP contribution is 2.27. The summed E-state index contributed by atoms with van der Waals surface area (Å²) in [7, 11) is 3.38. The number of nitrogens with zero attached hydrogens (tertiary/aromatic N) is 3. The smallest absolute Gasteiger partial charge is 0.243 e. The van der Waals surface area contributed by atoms with Crippen LogP contribution in [0, 0.1) is 5.92 Å². The van der Waals surface area contributed by atoms with Crippen molar-refractivity contribution in [1.29, 1.82) is 0 Å². The van der Waals surface area contributed by atoms with Gasteiger partial charge in [0.1, 0.15) is 18.9 Å². The Morgan fingerprint density at radius 2 is 2.17 bits per heavy atom. The van der Waals surface area contributed by atoms with E-state index < -0.39 is 0 Å². The predicted octanol–water partition coefficient (Wildman–Crippen LogP) is 1.16. The quantitative estimate of drug-likeness (QED) is 0.914. The standard InChI is InChI=1S/C17H20N4O3/c1-20(2)16(22)10-21-9-14(8-18-21)19-17(23)13-7-12-5-3-4-6-15(12)24-11-13/h3-6,8-9,13H,7,10-11H2,1-2H3,(H,19,23)/t13-/m1/s1. The first-order valence-corrected chi connectivity index (χ1v) is 7.77. The van der Waals surface area contributed by atoms with Gasteiger partial charge in [-0.2, -0.15) is 5.10 Å². The molecule has 126 valence electrons. The molecule has 2 aromatic rings. The summed E-state index contributed by atoms with van der Waals surface area (Å²) in [4.78, 5) is 25.6. The number of carbonyl (C=O) groups is 2. The largest absolute Gasteiger partial charge is 0.492 e. The van der Waals surface area contributed by atoms with Crippen molar-refractivity contribution in [2.75, 3.05) is 26.0 Å². The summed E-state index contributed by atoms with van der Waals surface area (Å²) in [5.41, 5.74) is 1.61. The first-order valence-electron chi connectivity index (χ1n) is 7.77. The zero-order valence-corrected chi connectivity index (χ0v) is 13.7. The van der Waals surface area contributed by atoms with Crippen molar-refractivity contribution in [2.45, 2.75) is 13.0 Å². The average Bonchev–Trinajstić information content (AvgIpc) is 3.01. The van der Waals surface area contributed by atoms with Crippen molar-refractivity contribution in [3.05, 3.63) is 42.2 Å². The van der Waals surface area contributed by atoms with Crippen molar-refractivity contribution >= 4 is 17.5 Å². The fraction of sp³-hybridized carbons (Fsp3) is 0.353. The van der Waals surface area contributed by atoms with Gasteiger partial charge in [-0.05, 0) is 18.1 Å². The van der Waals surface area contributed by atoms with Crippen LogP contribution in [-0.2, 0) is 22.6 Å². The number of ether oxygens (including phenoxy) is 1. The Labute approximate surface area is 140 Å². The van der Waals surface area contributed by atoms with E-state index >= 15 is 0 Å². The Kier molecular flexibility index (Phi) is 4.50. The number of nitrogens with one attached hydrogen (secondary N) is 1. The van der Waals surface area contributed by atoms with E-state index in [4.69, 9.17) is 4.74 Å². The molecule has 0 aliphatic carbocycles. The van der Waals surface area contributed by atoms with Crippen LogP contribution in [0.2, 0.25) is 0 Å². The predicted molar refractivity (Wildman–Crippen MR) is 88.7 cm³/mol. The summed E-state index contributed by atoms with van der Waals surface area (Å²) in [5, 5.41) is 6.93. The summed E-state index contributed by atoms with van der Waals surface area (Å²) in [6, 6.07) is 7.74. The second-order valence-electron chi connectivity index (χ2n) is 6.02. The molecule has 0 fully saturated rings. The molecule has 0 radical (unpaired) electrons. The van der Waals surface area contributed by atoms with E-state index in [2.05, 4.69) is 10.4 Å². The maximum absolute atomic E-state index is 12.4. The lowest BCUT2D eigenvalue weighted by Crippen LogP contribution is -2.32. The first-order chi connectivity index (χ1) is 11.5. The molecule has 0 bridgehead atoms. The van der Waals surface area contributed by atoms with Crippen molar-refractivity contribution < 1.29 is 14.3 Å². The highest BCUT2D eigenvalue weighted by atomic mass is 16.5. The van der Waals surface area contributed by atoms with Gasteiger partial charge in [0.05, 0.1) is 17.8 Å². The molecule has 0 saturated heterocycles.